The lowest BCUT2D eigenvalue weighted by atomic mass is 10.0. The Kier molecular flexibility index (Phi) is 6.09. The van der Waals surface area contributed by atoms with Crippen LogP contribution in [0.1, 0.15) is 39.2 Å². The molecule has 3 rings (SSSR count). The van der Waals surface area contributed by atoms with E-state index in [1.807, 2.05) is 31.2 Å². The minimum Gasteiger partial charge on any atom is -0.346 e. The van der Waals surface area contributed by atoms with Crippen LogP contribution >= 0.6 is 11.6 Å². The first-order valence-corrected chi connectivity index (χ1v) is 9.07. The van der Waals surface area contributed by atoms with Gasteiger partial charge in [-0.3, -0.25) is 14.8 Å². The van der Waals surface area contributed by atoms with Gasteiger partial charge in [-0.25, -0.2) is 5.48 Å². The molecule has 3 aromatic rings. The van der Waals surface area contributed by atoms with Crippen LogP contribution in [0.15, 0.2) is 72.8 Å². The van der Waals surface area contributed by atoms with Crippen molar-refractivity contribution in [3.05, 3.63) is 94.5 Å². The maximum Gasteiger partial charge on any atom is 0.274 e. The topological polar surface area (TPSA) is 78.4 Å². The maximum absolute atomic E-state index is 12.5. The Labute approximate surface area is 167 Å². The second kappa shape index (κ2) is 8.69. The molecule has 0 aliphatic carbocycles. The zero-order valence-corrected chi connectivity index (χ0v) is 15.9. The van der Waals surface area contributed by atoms with Crippen molar-refractivity contribution in [3.63, 3.8) is 0 Å². The molecule has 6 heteroatoms. The van der Waals surface area contributed by atoms with Crippen molar-refractivity contribution < 1.29 is 14.8 Å². The number of halogens is 1. The van der Waals surface area contributed by atoms with E-state index < -0.39 is 5.91 Å². The Morgan fingerprint density at radius 2 is 1.25 bits per heavy atom. The summed E-state index contributed by atoms with van der Waals surface area (Å²) in [7, 11) is 0. The largest absolute Gasteiger partial charge is 0.346 e. The van der Waals surface area contributed by atoms with E-state index in [1.54, 1.807) is 54.0 Å². The second-order valence-electron chi connectivity index (χ2n) is 6.34. The van der Waals surface area contributed by atoms with E-state index in [-0.39, 0.29) is 11.9 Å². The highest BCUT2D eigenvalue weighted by atomic mass is 35.5. The van der Waals surface area contributed by atoms with E-state index in [0.717, 1.165) is 16.7 Å². The first-order valence-electron chi connectivity index (χ1n) is 8.69. The van der Waals surface area contributed by atoms with Gasteiger partial charge in [-0.15, -0.1) is 0 Å². The molecule has 0 fully saturated rings. The van der Waals surface area contributed by atoms with Gasteiger partial charge in [0.25, 0.3) is 11.8 Å². The Hall–Kier alpha value is -3.15. The lowest BCUT2D eigenvalue weighted by Gasteiger charge is -2.14. The molecular formula is C22H19ClN2O3. The molecule has 3 aromatic carbocycles. The first kappa shape index (κ1) is 19.6. The van der Waals surface area contributed by atoms with Crippen molar-refractivity contribution in [2.45, 2.75) is 13.0 Å². The monoisotopic (exact) mass is 394 g/mol. The molecule has 0 radical (unpaired) electrons. The molecule has 5 nitrogen and oxygen atoms in total. The van der Waals surface area contributed by atoms with Gasteiger partial charge in [0.15, 0.2) is 0 Å². The fourth-order valence-corrected chi connectivity index (χ4v) is 2.93. The van der Waals surface area contributed by atoms with Gasteiger partial charge < -0.3 is 5.32 Å². The van der Waals surface area contributed by atoms with Crippen molar-refractivity contribution in [2.75, 3.05) is 0 Å². The number of carbonyl (C=O) groups is 2. The summed E-state index contributed by atoms with van der Waals surface area (Å²) in [4.78, 5) is 23.9. The molecule has 142 valence electrons. The molecule has 0 aromatic heterocycles. The Morgan fingerprint density at radius 3 is 1.71 bits per heavy atom. The molecule has 0 saturated carbocycles. The lowest BCUT2D eigenvalue weighted by molar-refractivity contribution is 0.0706. The average molecular weight is 395 g/mol. The summed E-state index contributed by atoms with van der Waals surface area (Å²) in [5.74, 6) is -0.725. The number of nitrogens with one attached hydrogen (secondary N) is 2. The predicted octanol–water partition coefficient (Wildman–Crippen LogP) is 4.62. The number of rotatable bonds is 5. The van der Waals surface area contributed by atoms with Crippen LogP contribution in [-0.2, 0) is 0 Å². The van der Waals surface area contributed by atoms with E-state index in [1.165, 1.54) is 0 Å². The molecule has 0 aliphatic rings. The van der Waals surface area contributed by atoms with E-state index in [0.29, 0.717) is 16.1 Å². The Balaban J connectivity index is 1.68. The molecule has 0 aliphatic heterocycles. The maximum atomic E-state index is 12.5. The summed E-state index contributed by atoms with van der Waals surface area (Å²) in [6.07, 6.45) is 0. The van der Waals surface area contributed by atoms with Crippen LogP contribution in [0.3, 0.4) is 0 Å². The molecule has 0 bridgehead atoms. The molecule has 0 heterocycles. The highest BCUT2D eigenvalue weighted by Gasteiger charge is 2.12. The zero-order valence-electron chi connectivity index (χ0n) is 15.1. The van der Waals surface area contributed by atoms with Gasteiger partial charge in [-0.05, 0) is 60.0 Å². The SMILES string of the molecule is C[C@@H](NC(=O)c1ccc(-c2ccc(C(=O)NO)cc2)cc1)c1ccc(Cl)cc1. The van der Waals surface area contributed by atoms with Crippen molar-refractivity contribution in [1.82, 2.24) is 10.8 Å². The van der Waals surface area contributed by atoms with E-state index >= 15 is 0 Å². The molecule has 0 spiro atoms. The number of hydrogen-bond acceptors (Lipinski definition) is 3. The average Bonchev–Trinajstić information content (AvgIpc) is 2.73. The van der Waals surface area contributed by atoms with Gasteiger partial charge in [0.05, 0.1) is 6.04 Å². The minimum atomic E-state index is -0.562. The van der Waals surface area contributed by atoms with Crippen LogP contribution in [0.2, 0.25) is 5.02 Å². The molecule has 2 amide bonds. The van der Waals surface area contributed by atoms with Gasteiger partial charge >= 0.3 is 0 Å². The number of hydroxylamine groups is 1. The quantitative estimate of drug-likeness (QED) is 0.436. The van der Waals surface area contributed by atoms with Crippen LogP contribution in [0.5, 0.6) is 0 Å². The van der Waals surface area contributed by atoms with Crippen LogP contribution in [0.25, 0.3) is 11.1 Å². The van der Waals surface area contributed by atoms with E-state index in [4.69, 9.17) is 16.8 Å². The third kappa shape index (κ3) is 4.57. The standard InChI is InChI=1S/C22H19ClN2O3/c1-14(15-10-12-20(23)13-11-15)24-21(26)18-6-2-16(3-7-18)17-4-8-19(9-5-17)22(27)25-28/h2-14,28H,1H3,(H,24,26)(H,25,27)/t14-/m1/s1. The summed E-state index contributed by atoms with van der Waals surface area (Å²) < 4.78 is 0. The smallest absolute Gasteiger partial charge is 0.274 e. The lowest BCUT2D eigenvalue weighted by Crippen LogP contribution is -2.26. The minimum absolute atomic E-state index is 0.144. The van der Waals surface area contributed by atoms with Crippen molar-refractivity contribution in [3.8, 4) is 11.1 Å². The van der Waals surface area contributed by atoms with Crippen LogP contribution in [-0.4, -0.2) is 17.0 Å². The summed E-state index contributed by atoms with van der Waals surface area (Å²) >= 11 is 5.90. The summed E-state index contributed by atoms with van der Waals surface area (Å²) in [6.45, 7) is 1.92. The number of hydrogen-bond donors (Lipinski definition) is 3. The molecule has 28 heavy (non-hydrogen) atoms. The Morgan fingerprint density at radius 1 is 0.786 bits per heavy atom. The Bertz CT molecular complexity index is 968. The van der Waals surface area contributed by atoms with Crippen LogP contribution in [0.4, 0.5) is 0 Å². The summed E-state index contributed by atoms with van der Waals surface area (Å²) in [6, 6.07) is 21.2. The molecule has 3 N–H and O–H groups in total. The molecule has 0 unspecified atom stereocenters. The predicted molar refractivity (Wildman–Crippen MR) is 108 cm³/mol. The fourth-order valence-electron chi connectivity index (χ4n) is 2.81. The van der Waals surface area contributed by atoms with Crippen LogP contribution < -0.4 is 10.8 Å². The highest BCUT2D eigenvalue weighted by molar-refractivity contribution is 6.30. The van der Waals surface area contributed by atoms with E-state index in [9.17, 15) is 9.59 Å². The third-order valence-corrected chi connectivity index (χ3v) is 4.70. The number of amides is 2. The van der Waals surface area contributed by atoms with Gasteiger partial charge in [0.1, 0.15) is 0 Å². The van der Waals surface area contributed by atoms with Gasteiger partial charge in [0.2, 0.25) is 0 Å². The molecule has 1 atom stereocenters. The number of benzene rings is 3. The van der Waals surface area contributed by atoms with Crippen molar-refractivity contribution in [2.24, 2.45) is 0 Å². The van der Waals surface area contributed by atoms with Gasteiger partial charge in [0, 0.05) is 16.1 Å². The fraction of sp³-hybridized carbons (Fsp3) is 0.0909. The van der Waals surface area contributed by atoms with Crippen LogP contribution in [0, 0.1) is 0 Å². The van der Waals surface area contributed by atoms with Gasteiger partial charge in [-0.2, -0.15) is 0 Å². The van der Waals surface area contributed by atoms with E-state index in [2.05, 4.69) is 5.32 Å². The number of carbonyl (C=O) groups excluding carboxylic acids is 2. The van der Waals surface area contributed by atoms with Crippen molar-refractivity contribution >= 4 is 23.4 Å². The highest BCUT2D eigenvalue weighted by Crippen LogP contribution is 2.21. The third-order valence-electron chi connectivity index (χ3n) is 4.45. The van der Waals surface area contributed by atoms with Crippen molar-refractivity contribution in [1.29, 1.82) is 0 Å². The normalized spacial score (nSPS) is 11.5. The molecular weight excluding hydrogens is 376 g/mol. The van der Waals surface area contributed by atoms with Gasteiger partial charge in [-0.1, -0.05) is 48.0 Å². The second-order valence-corrected chi connectivity index (χ2v) is 6.78. The summed E-state index contributed by atoms with van der Waals surface area (Å²) in [5.41, 5.74) is 5.30. The molecule has 0 saturated heterocycles. The summed E-state index contributed by atoms with van der Waals surface area (Å²) in [5, 5.41) is 12.3. The first-order chi connectivity index (χ1) is 13.5. The zero-order chi connectivity index (χ0) is 20.1.